The molecule has 1 fully saturated rings. The summed E-state index contributed by atoms with van der Waals surface area (Å²) in [6.45, 7) is -0.193. The smallest absolute Gasteiger partial charge is 0.227 e. The molecule has 1 aromatic heterocycles. The summed E-state index contributed by atoms with van der Waals surface area (Å²) in [6, 6.07) is 10.3. The van der Waals surface area contributed by atoms with Crippen LogP contribution in [0.15, 0.2) is 42.5 Å². The number of nitrogens with zero attached hydrogens (tertiary/aromatic N) is 2. The number of nitrogen functional groups attached to an aromatic ring is 2. The zero-order valence-corrected chi connectivity index (χ0v) is 16.6. The minimum Gasteiger partial charge on any atom is -0.383 e. The summed E-state index contributed by atoms with van der Waals surface area (Å²) in [7, 11) is 0. The number of ether oxygens (including phenoxy) is 1. The zero-order valence-electron chi connectivity index (χ0n) is 16.6. The first kappa shape index (κ1) is 20.7. The molecule has 2 aromatic carbocycles. The molecule has 0 atom stereocenters. The molecule has 4 rings (SSSR count). The molecule has 3 aromatic rings. The second-order valence-corrected chi connectivity index (χ2v) is 7.36. The largest absolute Gasteiger partial charge is 0.383 e. The standard InChI is InChI=1S/C22H21F2N5O2/c23-15-5-8-17(24)14(9-15)10-31-11-18-19(20(25)29-22(26)28-18)12-3-6-16(7-4-12)27-21(30)13-1-2-13/h3-9,13H,1-2,10-11H2,(H,27,30)(H4,25,26,28,29). The maximum absolute atomic E-state index is 13.8. The van der Waals surface area contributed by atoms with Gasteiger partial charge in [-0.3, -0.25) is 4.79 Å². The van der Waals surface area contributed by atoms with Crippen molar-refractivity contribution in [2.24, 2.45) is 5.92 Å². The molecule has 0 aliphatic heterocycles. The molecule has 0 spiro atoms. The van der Waals surface area contributed by atoms with E-state index in [-0.39, 0.29) is 42.4 Å². The number of aromatic nitrogens is 2. The van der Waals surface area contributed by atoms with Crippen molar-refractivity contribution in [2.45, 2.75) is 26.1 Å². The molecule has 0 bridgehead atoms. The molecule has 9 heteroatoms. The van der Waals surface area contributed by atoms with Gasteiger partial charge in [0.15, 0.2) is 0 Å². The number of halogens is 2. The Bertz CT molecular complexity index is 1120. The number of amides is 1. The minimum atomic E-state index is -0.563. The highest BCUT2D eigenvalue weighted by Crippen LogP contribution is 2.32. The van der Waals surface area contributed by atoms with E-state index < -0.39 is 11.6 Å². The van der Waals surface area contributed by atoms with E-state index in [1.807, 2.05) is 0 Å². The van der Waals surface area contributed by atoms with Gasteiger partial charge in [-0.05, 0) is 48.7 Å². The molecule has 1 saturated carbocycles. The van der Waals surface area contributed by atoms with Crippen LogP contribution in [0, 0.1) is 17.6 Å². The summed E-state index contributed by atoms with van der Waals surface area (Å²) in [5.41, 5.74) is 14.2. The van der Waals surface area contributed by atoms with Gasteiger partial charge in [-0.15, -0.1) is 0 Å². The van der Waals surface area contributed by atoms with Crippen molar-refractivity contribution in [1.29, 1.82) is 0 Å². The highest BCUT2D eigenvalue weighted by molar-refractivity contribution is 5.94. The first-order chi connectivity index (χ1) is 14.9. The maximum Gasteiger partial charge on any atom is 0.227 e. The molecule has 0 unspecified atom stereocenters. The number of carbonyl (C=O) groups excluding carboxylic acids is 1. The van der Waals surface area contributed by atoms with E-state index in [0.29, 0.717) is 22.5 Å². The summed E-state index contributed by atoms with van der Waals surface area (Å²) in [4.78, 5) is 20.1. The molecule has 1 amide bonds. The number of carbonyl (C=O) groups is 1. The van der Waals surface area contributed by atoms with E-state index >= 15 is 0 Å². The third kappa shape index (κ3) is 4.95. The van der Waals surface area contributed by atoms with Crippen LogP contribution in [0.5, 0.6) is 0 Å². The number of anilines is 3. The fourth-order valence-electron chi connectivity index (χ4n) is 3.19. The van der Waals surface area contributed by atoms with Gasteiger partial charge in [-0.25, -0.2) is 13.8 Å². The normalized spacial score (nSPS) is 13.2. The second kappa shape index (κ2) is 8.65. The zero-order chi connectivity index (χ0) is 22.0. The van der Waals surface area contributed by atoms with Gasteiger partial charge < -0.3 is 21.5 Å². The van der Waals surface area contributed by atoms with Crippen molar-refractivity contribution < 1.29 is 18.3 Å². The predicted molar refractivity (Wildman–Crippen MR) is 112 cm³/mol. The fraction of sp³-hybridized carbons (Fsp3) is 0.227. The molecule has 0 radical (unpaired) electrons. The highest BCUT2D eigenvalue weighted by Gasteiger charge is 2.29. The molecular formula is C22H21F2N5O2. The van der Waals surface area contributed by atoms with Crippen molar-refractivity contribution >= 4 is 23.4 Å². The van der Waals surface area contributed by atoms with Crippen molar-refractivity contribution in [3.63, 3.8) is 0 Å². The lowest BCUT2D eigenvalue weighted by Crippen LogP contribution is -2.13. The van der Waals surface area contributed by atoms with Gasteiger partial charge in [-0.2, -0.15) is 4.98 Å². The van der Waals surface area contributed by atoms with Crippen molar-refractivity contribution in [1.82, 2.24) is 9.97 Å². The van der Waals surface area contributed by atoms with E-state index in [2.05, 4.69) is 15.3 Å². The molecule has 5 N–H and O–H groups in total. The van der Waals surface area contributed by atoms with Gasteiger partial charge in [0, 0.05) is 22.7 Å². The Kier molecular flexibility index (Phi) is 5.77. The number of hydrogen-bond donors (Lipinski definition) is 3. The van der Waals surface area contributed by atoms with Crippen LogP contribution >= 0.6 is 0 Å². The minimum absolute atomic E-state index is 0.0155. The Morgan fingerprint density at radius 3 is 2.52 bits per heavy atom. The van der Waals surface area contributed by atoms with Crippen molar-refractivity contribution in [2.75, 3.05) is 16.8 Å². The van der Waals surface area contributed by atoms with Crippen LogP contribution in [0.4, 0.5) is 26.2 Å². The van der Waals surface area contributed by atoms with Crippen LogP contribution in [0.25, 0.3) is 11.1 Å². The van der Waals surface area contributed by atoms with Crippen LogP contribution in [-0.4, -0.2) is 15.9 Å². The average molecular weight is 425 g/mol. The molecule has 160 valence electrons. The molecule has 7 nitrogen and oxygen atoms in total. The first-order valence-corrected chi connectivity index (χ1v) is 9.75. The Morgan fingerprint density at radius 2 is 1.81 bits per heavy atom. The lowest BCUT2D eigenvalue weighted by molar-refractivity contribution is -0.117. The van der Waals surface area contributed by atoms with Gasteiger partial charge in [0.05, 0.1) is 18.9 Å². The molecule has 1 aliphatic carbocycles. The second-order valence-electron chi connectivity index (χ2n) is 7.36. The molecule has 1 aliphatic rings. The Balaban J connectivity index is 1.52. The molecule has 0 saturated heterocycles. The SMILES string of the molecule is Nc1nc(N)c(-c2ccc(NC(=O)C3CC3)cc2)c(COCc2cc(F)ccc2F)n1. The summed E-state index contributed by atoms with van der Waals surface area (Å²) in [5.74, 6) is -0.852. The van der Waals surface area contributed by atoms with Crippen LogP contribution in [0.1, 0.15) is 24.1 Å². The summed E-state index contributed by atoms with van der Waals surface area (Å²) >= 11 is 0. The molecule has 1 heterocycles. The van der Waals surface area contributed by atoms with E-state index in [1.54, 1.807) is 24.3 Å². The number of rotatable bonds is 7. The van der Waals surface area contributed by atoms with Crippen molar-refractivity contribution in [3.8, 4) is 11.1 Å². The van der Waals surface area contributed by atoms with E-state index in [1.165, 1.54) is 0 Å². The van der Waals surface area contributed by atoms with Gasteiger partial charge in [0.1, 0.15) is 17.5 Å². The van der Waals surface area contributed by atoms with Gasteiger partial charge in [0.2, 0.25) is 11.9 Å². The summed E-state index contributed by atoms with van der Waals surface area (Å²) in [6.07, 6.45) is 1.85. The number of hydrogen-bond acceptors (Lipinski definition) is 6. The van der Waals surface area contributed by atoms with E-state index in [0.717, 1.165) is 31.0 Å². The summed E-state index contributed by atoms with van der Waals surface area (Å²) in [5, 5.41) is 2.87. The lowest BCUT2D eigenvalue weighted by atomic mass is 10.0. The third-order valence-corrected chi connectivity index (χ3v) is 4.92. The van der Waals surface area contributed by atoms with Gasteiger partial charge >= 0.3 is 0 Å². The number of benzene rings is 2. The lowest BCUT2D eigenvalue weighted by Gasteiger charge is -2.13. The number of nitrogens with one attached hydrogen (secondary N) is 1. The highest BCUT2D eigenvalue weighted by atomic mass is 19.1. The average Bonchev–Trinajstić information content (AvgIpc) is 3.57. The fourth-order valence-corrected chi connectivity index (χ4v) is 3.19. The Morgan fingerprint density at radius 1 is 1.06 bits per heavy atom. The van der Waals surface area contributed by atoms with E-state index in [4.69, 9.17) is 16.2 Å². The quantitative estimate of drug-likeness (QED) is 0.532. The molecule has 31 heavy (non-hydrogen) atoms. The third-order valence-electron chi connectivity index (χ3n) is 4.92. The summed E-state index contributed by atoms with van der Waals surface area (Å²) < 4.78 is 32.7. The van der Waals surface area contributed by atoms with Crippen LogP contribution < -0.4 is 16.8 Å². The number of nitrogens with two attached hydrogens (primary N) is 2. The molecular weight excluding hydrogens is 404 g/mol. The predicted octanol–water partition coefficient (Wildman–Crippen LogP) is 3.65. The monoisotopic (exact) mass is 425 g/mol. The Hall–Kier alpha value is -3.59. The van der Waals surface area contributed by atoms with Crippen LogP contribution in [0.3, 0.4) is 0 Å². The Labute approximate surface area is 177 Å². The maximum atomic E-state index is 13.8. The van der Waals surface area contributed by atoms with Crippen molar-refractivity contribution in [3.05, 3.63) is 65.4 Å². The van der Waals surface area contributed by atoms with Crippen LogP contribution in [-0.2, 0) is 22.7 Å². The van der Waals surface area contributed by atoms with E-state index in [9.17, 15) is 13.6 Å². The first-order valence-electron chi connectivity index (χ1n) is 9.75. The van der Waals surface area contributed by atoms with Gasteiger partial charge in [0.25, 0.3) is 0 Å². The van der Waals surface area contributed by atoms with Crippen LogP contribution in [0.2, 0.25) is 0 Å². The topological polar surface area (TPSA) is 116 Å². The van der Waals surface area contributed by atoms with Gasteiger partial charge in [-0.1, -0.05) is 12.1 Å².